The van der Waals surface area contributed by atoms with Crippen LogP contribution in [0.4, 0.5) is 0 Å². The monoisotopic (exact) mass is 132 g/mol. The van der Waals surface area contributed by atoms with Crippen LogP contribution in [0.25, 0.3) is 0 Å². The first-order valence-electron chi connectivity index (χ1n) is 3.04. The fourth-order valence-corrected chi connectivity index (χ4v) is 0.478. The van der Waals surface area contributed by atoms with E-state index in [0.29, 0.717) is 6.42 Å². The van der Waals surface area contributed by atoms with Gasteiger partial charge in [0.15, 0.2) is 0 Å². The van der Waals surface area contributed by atoms with Gasteiger partial charge in [-0.1, -0.05) is 0 Å². The molecule has 0 heterocycles. The summed E-state index contributed by atoms with van der Waals surface area (Å²) in [5.41, 5.74) is 21.3. The van der Waals surface area contributed by atoms with Crippen LogP contribution in [0.5, 0.6) is 0 Å². The minimum atomic E-state index is -1.05. The lowest BCUT2D eigenvalue weighted by molar-refractivity contribution is 0.396. The van der Waals surface area contributed by atoms with Crippen LogP contribution in [-0.2, 0) is 0 Å². The molecule has 0 fully saturated rings. The smallest absolute Gasteiger partial charge is 0.115 e. The molecule has 1 atom stereocenters. The van der Waals surface area contributed by atoms with Gasteiger partial charge < -0.3 is 22.9 Å². The zero-order valence-corrected chi connectivity index (χ0v) is 5.80. The highest BCUT2D eigenvalue weighted by atomic mass is 15.1. The Morgan fingerprint density at radius 2 is 1.78 bits per heavy atom. The van der Waals surface area contributed by atoms with Gasteiger partial charge in [-0.15, -0.1) is 0 Å². The summed E-state index contributed by atoms with van der Waals surface area (Å²) >= 11 is 0. The highest BCUT2D eigenvalue weighted by Crippen LogP contribution is 1.97. The van der Waals surface area contributed by atoms with E-state index in [1.807, 2.05) is 6.92 Å². The second-order valence-electron chi connectivity index (χ2n) is 2.63. The van der Waals surface area contributed by atoms with E-state index >= 15 is 0 Å². The minimum Gasteiger partial charge on any atom is -0.328 e. The quantitative estimate of drug-likeness (QED) is 0.356. The average Bonchev–Trinajstić information content (AvgIpc) is 1.59. The summed E-state index contributed by atoms with van der Waals surface area (Å²) in [5, 5.41) is 0. The summed E-state index contributed by atoms with van der Waals surface area (Å²) in [6.45, 7) is 1.89. The average molecular weight is 132 g/mol. The molecule has 0 aromatic rings. The Kier molecular flexibility index (Phi) is 3.07. The van der Waals surface area contributed by atoms with E-state index in [1.54, 1.807) is 0 Å². The molecule has 9 heavy (non-hydrogen) atoms. The third-order valence-corrected chi connectivity index (χ3v) is 1.03. The van der Waals surface area contributed by atoms with Gasteiger partial charge in [0.1, 0.15) is 5.79 Å². The Balaban J connectivity index is 3.28. The minimum absolute atomic E-state index is 0.125. The van der Waals surface area contributed by atoms with Crippen LogP contribution in [0.2, 0.25) is 0 Å². The van der Waals surface area contributed by atoms with Crippen LogP contribution in [0.1, 0.15) is 19.8 Å². The third kappa shape index (κ3) is 7.84. The molecule has 0 aromatic heterocycles. The molecule has 56 valence electrons. The van der Waals surface area contributed by atoms with Gasteiger partial charge in [0, 0.05) is 6.04 Å². The molecular formula is C5H16N4. The van der Waals surface area contributed by atoms with Crippen molar-refractivity contribution >= 4 is 0 Å². The van der Waals surface area contributed by atoms with E-state index in [2.05, 4.69) is 0 Å². The van der Waals surface area contributed by atoms with Gasteiger partial charge in [-0.2, -0.15) is 0 Å². The molecule has 8 N–H and O–H groups in total. The summed E-state index contributed by atoms with van der Waals surface area (Å²) in [6, 6.07) is 0.125. The molecule has 0 radical (unpaired) electrons. The number of nitrogens with two attached hydrogens (primary N) is 4. The number of rotatable bonds is 3. The van der Waals surface area contributed by atoms with Crippen LogP contribution >= 0.6 is 0 Å². The molecule has 4 heteroatoms. The fraction of sp³-hybridized carbons (Fsp3) is 1.00. The number of hydrogen-bond donors (Lipinski definition) is 4. The fourth-order valence-electron chi connectivity index (χ4n) is 0.478. The SMILES string of the molecule is CC(N)CCC(N)(N)N. The van der Waals surface area contributed by atoms with E-state index in [4.69, 9.17) is 22.9 Å². The molecule has 0 rings (SSSR count). The van der Waals surface area contributed by atoms with E-state index in [1.165, 1.54) is 0 Å². The first-order chi connectivity index (χ1) is 3.92. The molecule has 0 aromatic carbocycles. The van der Waals surface area contributed by atoms with Crippen molar-refractivity contribution in [1.29, 1.82) is 0 Å². The molecule has 0 saturated heterocycles. The highest BCUT2D eigenvalue weighted by molar-refractivity contribution is 4.69. The molecule has 0 spiro atoms. The van der Waals surface area contributed by atoms with Crippen LogP contribution in [-0.4, -0.2) is 11.8 Å². The Bertz CT molecular complexity index is 73.5. The summed E-state index contributed by atoms with van der Waals surface area (Å²) in [6.07, 6.45) is 1.33. The molecule has 0 amide bonds. The van der Waals surface area contributed by atoms with E-state index in [9.17, 15) is 0 Å². The van der Waals surface area contributed by atoms with Crippen LogP contribution < -0.4 is 22.9 Å². The lowest BCUT2D eigenvalue weighted by atomic mass is 10.1. The van der Waals surface area contributed by atoms with Crippen molar-refractivity contribution in [2.45, 2.75) is 31.6 Å². The van der Waals surface area contributed by atoms with Crippen molar-refractivity contribution in [3.63, 3.8) is 0 Å². The van der Waals surface area contributed by atoms with E-state index in [0.717, 1.165) is 6.42 Å². The van der Waals surface area contributed by atoms with Crippen molar-refractivity contribution in [3.8, 4) is 0 Å². The highest BCUT2D eigenvalue weighted by Gasteiger charge is 2.11. The summed E-state index contributed by atoms with van der Waals surface area (Å²) < 4.78 is 0. The zero-order chi connectivity index (χ0) is 7.49. The predicted molar refractivity (Wildman–Crippen MR) is 38.2 cm³/mol. The van der Waals surface area contributed by atoms with Gasteiger partial charge in [-0.05, 0) is 19.8 Å². The zero-order valence-electron chi connectivity index (χ0n) is 5.80. The van der Waals surface area contributed by atoms with Gasteiger partial charge in [-0.25, -0.2) is 0 Å². The molecule has 0 saturated carbocycles. The maximum absolute atomic E-state index is 5.43. The second kappa shape index (κ2) is 3.12. The van der Waals surface area contributed by atoms with E-state index < -0.39 is 5.79 Å². The normalized spacial score (nSPS) is 15.7. The molecule has 0 aliphatic carbocycles. The Labute approximate surface area is 55.6 Å². The predicted octanol–water partition coefficient (Wildman–Crippen LogP) is -1.36. The van der Waals surface area contributed by atoms with Crippen molar-refractivity contribution < 1.29 is 0 Å². The molecule has 0 aliphatic heterocycles. The Morgan fingerprint density at radius 1 is 1.33 bits per heavy atom. The van der Waals surface area contributed by atoms with Gasteiger partial charge in [-0.3, -0.25) is 0 Å². The van der Waals surface area contributed by atoms with Crippen molar-refractivity contribution in [1.82, 2.24) is 0 Å². The summed E-state index contributed by atoms with van der Waals surface area (Å²) in [4.78, 5) is 0. The maximum Gasteiger partial charge on any atom is 0.115 e. The first kappa shape index (κ1) is 8.84. The van der Waals surface area contributed by atoms with Gasteiger partial charge in [0.2, 0.25) is 0 Å². The lowest BCUT2D eigenvalue weighted by Crippen LogP contribution is -2.58. The summed E-state index contributed by atoms with van der Waals surface area (Å²) in [5.74, 6) is -1.05. The van der Waals surface area contributed by atoms with Crippen molar-refractivity contribution in [2.75, 3.05) is 0 Å². The van der Waals surface area contributed by atoms with Gasteiger partial charge in [0.05, 0.1) is 0 Å². The van der Waals surface area contributed by atoms with Crippen LogP contribution in [0.3, 0.4) is 0 Å². The molecule has 0 aliphatic rings. The topological polar surface area (TPSA) is 104 Å². The van der Waals surface area contributed by atoms with E-state index in [-0.39, 0.29) is 6.04 Å². The molecule has 4 nitrogen and oxygen atoms in total. The van der Waals surface area contributed by atoms with Crippen molar-refractivity contribution in [3.05, 3.63) is 0 Å². The van der Waals surface area contributed by atoms with Crippen LogP contribution in [0.15, 0.2) is 0 Å². The molecular weight excluding hydrogens is 116 g/mol. The Hall–Kier alpha value is -0.160. The third-order valence-electron chi connectivity index (χ3n) is 1.03. The Morgan fingerprint density at radius 3 is 1.89 bits per heavy atom. The largest absolute Gasteiger partial charge is 0.328 e. The standard InChI is InChI=1S/C5H16N4/c1-4(6)2-3-5(7,8)9/h4H,2-3,6-9H2,1H3. The van der Waals surface area contributed by atoms with Crippen LogP contribution in [0, 0.1) is 0 Å². The van der Waals surface area contributed by atoms with Gasteiger partial charge in [0.25, 0.3) is 0 Å². The van der Waals surface area contributed by atoms with Crippen molar-refractivity contribution in [2.24, 2.45) is 22.9 Å². The number of hydrogen-bond acceptors (Lipinski definition) is 4. The summed E-state index contributed by atoms with van der Waals surface area (Å²) in [7, 11) is 0. The maximum atomic E-state index is 5.43. The molecule has 0 bridgehead atoms. The molecule has 1 unspecified atom stereocenters. The van der Waals surface area contributed by atoms with Gasteiger partial charge >= 0.3 is 0 Å². The second-order valence-corrected chi connectivity index (χ2v) is 2.63. The lowest BCUT2D eigenvalue weighted by Gasteiger charge is -2.18. The first-order valence-corrected chi connectivity index (χ1v) is 3.04.